The Morgan fingerprint density at radius 3 is 2.41 bits per heavy atom. The SMILES string of the molecule is CCOc1cc(C(Nc2ccc(C(=N)N)cc2)C(=O)NNC(=O)c2ccncc2N)ccc1OC(C)C. The van der Waals surface area contributed by atoms with Gasteiger partial charge in [0.2, 0.25) is 0 Å². The van der Waals surface area contributed by atoms with E-state index >= 15 is 0 Å². The van der Waals surface area contributed by atoms with Gasteiger partial charge in [0.1, 0.15) is 11.9 Å². The highest BCUT2D eigenvalue weighted by molar-refractivity contribution is 6.00. The van der Waals surface area contributed by atoms with Gasteiger partial charge in [0.15, 0.2) is 11.5 Å². The molecule has 2 aromatic carbocycles. The van der Waals surface area contributed by atoms with E-state index in [9.17, 15) is 9.59 Å². The molecule has 0 saturated heterocycles. The largest absolute Gasteiger partial charge is 0.490 e. The second-order valence-corrected chi connectivity index (χ2v) is 8.28. The lowest BCUT2D eigenvalue weighted by Gasteiger charge is -2.22. The fraction of sp³-hybridized carbons (Fsp3) is 0.231. The van der Waals surface area contributed by atoms with E-state index in [-0.39, 0.29) is 23.2 Å². The van der Waals surface area contributed by atoms with Gasteiger partial charge in [0, 0.05) is 17.4 Å². The second-order valence-electron chi connectivity index (χ2n) is 8.28. The van der Waals surface area contributed by atoms with Crippen LogP contribution in [0, 0.1) is 5.41 Å². The molecule has 8 N–H and O–H groups in total. The van der Waals surface area contributed by atoms with E-state index in [1.54, 1.807) is 42.5 Å². The molecule has 3 rings (SSSR count). The number of amides is 2. The van der Waals surface area contributed by atoms with Gasteiger partial charge in [-0.25, -0.2) is 0 Å². The van der Waals surface area contributed by atoms with Gasteiger partial charge in [0.05, 0.1) is 30.2 Å². The first-order valence-electron chi connectivity index (χ1n) is 11.6. The summed E-state index contributed by atoms with van der Waals surface area (Å²) in [6.45, 7) is 6.07. The number of carbonyl (C=O) groups excluding carboxylic acids is 2. The molecule has 1 heterocycles. The zero-order valence-corrected chi connectivity index (χ0v) is 20.9. The van der Waals surface area contributed by atoms with Crippen LogP contribution in [0.5, 0.6) is 11.5 Å². The quantitative estimate of drug-likeness (QED) is 0.138. The number of hydrogen-bond acceptors (Lipinski definition) is 8. The number of nitrogens with two attached hydrogens (primary N) is 2. The number of nitrogens with one attached hydrogen (secondary N) is 4. The van der Waals surface area contributed by atoms with Crippen molar-refractivity contribution < 1.29 is 19.1 Å². The summed E-state index contributed by atoms with van der Waals surface area (Å²) in [5.41, 5.74) is 18.2. The predicted octanol–water partition coefficient (Wildman–Crippen LogP) is 2.75. The van der Waals surface area contributed by atoms with Gasteiger partial charge < -0.3 is 26.3 Å². The van der Waals surface area contributed by atoms with Crippen LogP contribution in [0.1, 0.15) is 48.3 Å². The summed E-state index contributed by atoms with van der Waals surface area (Å²) in [6, 6.07) is 12.4. The Kier molecular flexibility index (Phi) is 8.87. The minimum atomic E-state index is -0.939. The zero-order chi connectivity index (χ0) is 26.9. The summed E-state index contributed by atoms with van der Waals surface area (Å²) in [6.07, 6.45) is 2.71. The highest BCUT2D eigenvalue weighted by atomic mass is 16.5. The van der Waals surface area contributed by atoms with Gasteiger partial charge in [-0.1, -0.05) is 6.07 Å². The van der Waals surface area contributed by atoms with E-state index in [2.05, 4.69) is 21.2 Å². The van der Waals surface area contributed by atoms with Crippen molar-refractivity contribution in [2.24, 2.45) is 5.73 Å². The average Bonchev–Trinajstić information content (AvgIpc) is 2.87. The third-order valence-electron chi connectivity index (χ3n) is 5.13. The summed E-state index contributed by atoms with van der Waals surface area (Å²) >= 11 is 0. The average molecular weight is 506 g/mol. The fourth-order valence-electron chi connectivity index (χ4n) is 3.41. The van der Waals surface area contributed by atoms with Crippen LogP contribution in [0.15, 0.2) is 60.9 Å². The number of hydrazine groups is 1. The van der Waals surface area contributed by atoms with Gasteiger partial charge >= 0.3 is 0 Å². The van der Waals surface area contributed by atoms with Crippen molar-refractivity contribution in [3.05, 3.63) is 77.6 Å². The van der Waals surface area contributed by atoms with E-state index in [0.717, 1.165) is 0 Å². The van der Waals surface area contributed by atoms with Crippen molar-refractivity contribution in [2.75, 3.05) is 17.7 Å². The Labute approximate surface area is 215 Å². The Balaban J connectivity index is 1.89. The number of rotatable bonds is 10. The standard InChI is InChI=1S/C26H31N7O4/c1-4-36-22-13-17(7-10-21(22)37-15(2)3)23(31-18-8-5-16(6-9-18)24(28)29)26(35)33-32-25(34)19-11-12-30-14-20(19)27/h5-15,23,31H,4,27H2,1-3H3,(H3,28,29)(H,32,34)(H,33,35). The molecule has 0 spiro atoms. The molecule has 0 saturated carbocycles. The first kappa shape index (κ1) is 26.8. The predicted molar refractivity (Wildman–Crippen MR) is 141 cm³/mol. The third kappa shape index (κ3) is 7.10. The Morgan fingerprint density at radius 1 is 1.05 bits per heavy atom. The summed E-state index contributed by atoms with van der Waals surface area (Å²) in [7, 11) is 0. The number of aromatic nitrogens is 1. The van der Waals surface area contributed by atoms with Gasteiger partial charge in [-0.05, 0) is 68.8 Å². The van der Waals surface area contributed by atoms with Crippen molar-refractivity contribution in [3.63, 3.8) is 0 Å². The molecule has 0 bridgehead atoms. The van der Waals surface area contributed by atoms with E-state index in [1.165, 1.54) is 18.5 Å². The second kappa shape index (κ2) is 12.2. The molecule has 11 heteroatoms. The van der Waals surface area contributed by atoms with E-state index in [1.807, 2.05) is 20.8 Å². The number of hydrogen-bond donors (Lipinski definition) is 6. The summed E-state index contributed by atoms with van der Waals surface area (Å²) in [4.78, 5) is 29.7. The molecule has 0 aliphatic rings. The molecule has 0 aliphatic carbocycles. The Hall–Kier alpha value is -4.80. The lowest BCUT2D eigenvalue weighted by Crippen LogP contribution is -2.45. The zero-order valence-electron chi connectivity index (χ0n) is 20.9. The summed E-state index contributed by atoms with van der Waals surface area (Å²) in [5.74, 6) is -0.174. The Morgan fingerprint density at radius 2 is 1.78 bits per heavy atom. The molecule has 2 amide bonds. The van der Waals surface area contributed by atoms with Crippen molar-refractivity contribution in [2.45, 2.75) is 32.9 Å². The third-order valence-corrected chi connectivity index (χ3v) is 5.13. The smallest absolute Gasteiger partial charge is 0.271 e. The van der Waals surface area contributed by atoms with E-state index in [0.29, 0.717) is 34.9 Å². The maximum Gasteiger partial charge on any atom is 0.271 e. The topological polar surface area (TPSA) is 177 Å². The number of carbonyl (C=O) groups is 2. The molecule has 0 fully saturated rings. The van der Waals surface area contributed by atoms with Crippen LogP contribution < -0.4 is 37.1 Å². The molecule has 1 aromatic heterocycles. The highest BCUT2D eigenvalue weighted by Crippen LogP contribution is 2.33. The number of amidine groups is 1. The van der Waals surface area contributed by atoms with Gasteiger partial charge in [-0.3, -0.25) is 30.8 Å². The summed E-state index contributed by atoms with van der Waals surface area (Å²) in [5, 5.41) is 10.7. The maximum absolute atomic E-state index is 13.3. The molecule has 37 heavy (non-hydrogen) atoms. The van der Waals surface area contributed by atoms with Crippen LogP contribution in [0.3, 0.4) is 0 Å². The molecular formula is C26H31N7O4. The number of benzene rings is 2. The molecule has 1 unspecified atom stereocenters. The summed E-state index contributed by atoms with van der Waals surface area (Å²) < 4.78 is 11.6. The van der Waals surface area contributed by atoms with Crippen molar-refractivity contribution in [1.82, 2.24) is 15.8 Å². The van der Waals surface area contributed by atoms with Gasteiger partial charge in [0.25, 0.3) is 11.8 Å². The van der Waals surface area contributed by atoms with Crippen molar-refractivity contribution in [3.8, 4) is 11.5 Å². The molecule has 1 atom stereocenters. The van der Waals surface area contributed by atoms with Gasteiger partial charge in [-0.2, -0.15) is 0 Å². The van der Waals surface area contributed by atoms with Crippen LogP contribution in [0.2, 0.25) is 0 Å². The van der Waals surface area contributed by atoms with E-state index < -0.39 is 17.9 Å². The number of pyridine rings is 1. The Bertz CT molecular complexity index is 1260. The molecule has 194 valence electrons. The van der Waals surface area contributed by atoms with Crippen molar-refractivity contribution in [1.29, 1.82) is 5.41 Å². The normalized spacial score (nSPS) is 11.4. The van der Waals surface area contributed by atoms with Crippen LogP contribution in [-0.4, -0.2) is 35.3 Å². The lowest BCUT2D eigenvalue weighted by atomic mass is 10.0. The molecule has 3 aromatic rings. The number of nitrogens with zero attached hydrogens (tertiary/aromatic N) is 1. The first-order chi connectivity index (χ1) is 17.7. The molecular weight excluding hydrogens is 474 g/mol. The molecule has 0 radical (unpaired) electrons. The minimum Gasteiger partial charge on any atom is -0.490 e. The first-order valence-corrected chi connectivity index (χ1v) is 11.6. The van der Waals surface area contributed by atoms with E-state index in [4.69, 9.17) is 26.4 Å². The highest BCUT2D eigenvalue weighted by Gasteiger charge is 2.24. The molecule has 11 nitrogen and oxygen atoms in total. The monoisotopic (exact) mass is 505 g/mol. The maximum atomic E-state index is 13.3. The van der Waals surface area contributed by atoms with Crippen LogP contribution in [0.4, 0.5) is 11.4 Å². The lowest BCUT2D eigenvalue weighted by molar-refractivity contribution is -0.122. The molecule has 0 aliphatic heterocycles. The van der Waals surface area contributed by atoms with Crippen molar-refractivity contribution >= 4 is 29.0 Å². The number of anilines is 2. The number of ether oxygens (including phenoxy) is 2. The number of nitrogen functional groups attached to an aromatic ring is 2. The van der Waals surface area contributed by atoms with Gasteiger partial charge in [-0.15, -0.1) is 0 Å². The van der Waals surface area contributed by atoms with Crippen LogP contribution in [0.25, 0.3) is 0 Å². The van der Waals surface area contributed by atoms with Crippen LogP contribution in [-0.2, 0) is 4.79 Å². The van der Waals surface area contributed by atoms with Crippen LogP contribution >= 0.6 is 0 Å². The minimum absolute atomic E-state index is 0.0685. The fourth-order valence-corrected chi connectivity index (χ4v) is 3.41.